The topological polar surface area (TPSA) is 60.0 Å². The highest BCUT2D eigenvalue weighted by Gasteiger charge is 2.31. The van der Waals surface area contributed by atoms with Gasteiger partial charge in [0.2, 0.25) is 5.91 Å². The molecule has 2 aliphatic rings. The normalized spacial score (nSPS) is 26.0. The molecule has 6 heteroatoms. The van der Waals surface area contributed by atoms with Gasteiger partial charge in [0, 0.05) is 51.2 Å². The molecule has 2 rings (SSSR count). The largest absolute Gasteiger partial charge is 0.355 e. The Kier molecular flexibility index (Phi) is 7.11. The van der Waals surface area contributed by atoms with E-state index in [9.17, 15) is 4.79 Å². The molecule has 6 nitrogen and oxygen atoms in total. The van der Waals surface area contributed by atoms with E-state index in [-0.39, 0.29) is 11.4 Å². The summed E-state index contributed by atoms with van der Waals surface area (Å²) in [6, 6.07) is 0.292. The first-order valence-corrected chi connectivity index (χ1v) is 9.85. The van der Waals surface area contributed by atoms with Crippen LogP contribution in [0.4, 0.5) is 0 Å². The zero-order valence-corrected chi connectivity index (χ0v) is 16.8. The van der Waals surface area contributed by atoms with Crippen molar-refractivity contribution in [1.29, 1.82) is 0 Å². The van der Waals surface area contributed by atoms with Crippen LogP contribution in [0.5, 0.6) is 0 Å². The SMILES string of the molecule is CCC(=O)N1CCC(NC(=NC)NCC(C)(C)N2CCCC(C)C2)C1. The molecule has 0 aromatic carbocycles. The highest BCUT2D eigenvalue weighted by atomic mass is 16.2. The first-order chi connectivity index (χ1) is 11.9. The second-order valence-electron chi connectivity index (χ2n) is 8.25. The van der Waals surface area contributed by atoms with Crippen molar-refractivity contribution in [2.24, 2.45) is 10.9 Å². The molecule has 1 amide bonds. The van der Waals surface area contributed by atoms with Gasteiger partial charge in [-0.3, -0.25) is 14.7 Å². The predicted octanol–water partition coefficient (Wildman–Crippen LogP) is 1.67. The van der Waals surface area contributed by atoms with Gasteiger partial charge in [-0.15, -0.1) is 0 Å². The monoisotopic (exact) mass is 351 g/mol. The Hall–Kier alpha value is -1.30. The van der Waals surface area contributed by atoms with Crippen molar-refractivity contribution in [3.8, 4) is 0 Å². The molecule has 144 valence electrons. The summed E-state index contributed by atoms with van der Waals surface area (Å²) in [6.07, 6.45) is 4.21. The number of nitrogens with one attached hydrogen (secondary N) is 2. The first kappa shape index (κ1) is 20.0. The van der Waals surface area contributed by atoms with Crippen molar-refractivity contribution in [3.63, 3.8) is 0 Å². The third kappa shape index (κ3) is 5.59. The molecule has 0 aromatic rings. The van der Waals surface area contributed by atoms with Crippen molar-refractivity contribution < 1.29 is 4.79 Å². The fourth-order valence-corrected chi connectivity index (χ4v) is 3.87. The Labute approximate surface area is 153 Å². The molecule has 2 saturated heterocycles. The van der Waals surface area contributed by atoms with E-state index in [1.807, 2.05) is 18.9 Å². The molecule has 2 unspecified atom stereocenters. The highest BCUT2D eigenvalue weighted by Crippen LogP contribution is 2.23. The van der Waals surface area contributed by atoms with Gasteiger partial charge in [-0.05, 0) is 45.6 Å². The molecule has 2 aliphatic heterocycles. The minimum atomic E-state index is 0.103. The van der Waals surface area contributed by atoms with Crippen LogP contribution in [0.25, 0.3) is 0 Å². The van der Waals surface area contributed by atoms with Crippen LogP contribution in [0.2, 0.25) is 0 Å². The van der Waals surface area contributed by atoms with E-state index in [2.05, 4.69) is 41.3 Å². The van der Waals surface area contributed by atoms with Crippen molar-refractivity contribution in [3.05, 3.63) is 0 Å². The third-order valence-corrected chi connectivity index (χ3v) is 5.61. The fraction of sp³-hybridized carbons (Fsp3) is 0.895. The Balaban J connectivity index is 1.81. The van der Waals surface area contributed by atoms with Gasteiger partial charge in [0.1, 0.15) is 0 Å². The van der Waals surface area contributed by atoms with Crippen molar-refractivity contribution >= 4 is 11.9 Å². The average molecular weight is 352 g/mol. The molecule has 2 heterocycles. The molecule has 0 radical (unpaired) electrons. The van der Waals surface area contributed by atoms with E-state index >= 15 is 0 Å². The Morgan fingerprint density at radius 3 is 2.64 bits per heavy atom. The van der Waals surface area contributed by atoms with Gasteiger partial charge in [-0.25, -0.2) is 0 Å². The summed E-state index contributed by atoms with van der Waals surface area (Å²) in [5, 5.41) is 6.99. The first-order valence-electron chi connectivity index (χ1n) is 9.85. The van der Waals surface area contributed by atoms with Gasteiger partial charge in [0.05, 0.1) is 0 Å². The molecule has 0 spiro atoms. The molecular formula is C19H37N5O. The molecule has 2 atom stereocenters. The van der Waals surface area contributed by atoms with Crippen LogP contribution < -0.4 is 10.6 Å². The minimum Gasteiger partial charge on any atom is -0.355 e. The summed E-state index contributed by atoms with van der Waals surface area (Å²) in [5.74, 6) is 1.87. The van der Waals surface area contributed by atoms with Gasteiger partial charge >= 0.3 is 0 Å². The van der Waals surface area contributed by atoms with Crippen LogP contribution in [0, 0.1) is 5.92 Å². The number of piperidine rings is 1. The van der Waals surface area contributed by atoms with E-state index in [1.54, 1.807) is 0 Å². The highest BCUT2D eigenvalue weighted by molar-refractivity contribution is 5.80. The Morgan fingerprint density at radius 1 is 1.24 bits per heavy atom. The number of carbonyl (C=O) groups is 1. The maximum absolute atomic E-state index is 11.8. The Morgan fingerprint density at radius 2 is 2.00 bits per heavy atom. The summed E-state index contributed by atoms with van der Waals surface area (Å²) >= 11 is 0. The minimum absolute atomic E-state index is 0.103. The second-order valence-corrected chi connectivity index (χ2v) is 8.25. The van der Waals surface area contributed by atoms with Gasteiger partial charge in [-0.1, -0.05) is 13.8 Å². The lowest BCUT2D eigenvalue weighted by Crippen LogP contribution is -2.56. The van der Waals surface area contributed by atoms with E-state index in [0.29, 0.717) is 12.5 Å². The molecule has 0 aliphatic carbocycles. The van der Waals surface area contributed by atoms with Gasteiger partial charge in [0.25, 0.3) is 0 Å². The molecule has 0 saturated carbocycles. The summed E-state index contributed by atoms with van der Waals surface area (Å²) < 4.78 is 0. The molecule has 0 aromatic heterocycles. The van der Waals surface area contributed by atoms with Crippen LogP contribution >= 0.6 is 0 Å². The zero-order valence-electron chi connectivity index (χ0n) is 16.8. The zero-order chi connectivity index (χ0) is 18.4. The van der Waals surface area contributed by atoms with E-state index in [0.717, 1.165) is 37.9 Å². The van der Waals surface area contributed by atoms with Gasteiger partial charge < -0.3 is 15.5 Å². The summed E-state index contributed by atoms with van der Waals surface area (Å²) in [7, 11) is 1.81. The van der Waals surface area contributed by atoms with Crippen LogP contribution in [0.15, 0.2) is 4.99 Å². The third-order valence-electron chi connectivity index (χ3n) is 5.61. The lowest BCUT2D eigenvalue weighted by atomic mass is 9.93. The number of carbonyl (C=O) groups excluding carboxylic acids is 1. The maximum atomic E-state index is 11.8. The second kappa shape index (κ2) is 8.88. The van der Waals surface area contributed by atoms with Crippen molar-refractivity contribution in [2.45, 2.75) is 65.0 Å². The predicted molar refractivity (Wildman–Crippen MR) is 104 cm³/mol. The van der Waals surface area contributed by atoms with Gasteiger partial charge in [0.15, 0.2) is 5.96 Å². The lowest BCUT2D eigenvalue weighted by molar-refractivity contribution is -0.129. The number of nitrogens with zero attached hydrogens (tertiary/aromatic N) is 3. The number of rotatable bonds is 5. The van der Waals surface area contributed by atoms with E-state index in [4.69, 9.17) is 0 Å². The summed E-state index contributed by atoms with van der Waals surface area (Å²) in [6.45, 7) is 13.7. The Bertz CT molecular complexity index is 476. The molecule has 2 fully saturated rings. The van der Waals surface area contributed by atoms with Crippen LogP contribution in [-0.4, -0.2) is 73.0 Å². The van der Waals surface area contributed by atoms with Crippen molar-refractivity contribution in [1.82, 2.24) is 20.4 Å². The van der Waals surface area contributed by atoms with Crippen molar-refractivity contribution in [2.75, 3.05) is 39.8 Å². The smallest absolute Gasteiger partial charge is 0.222 e. The summed E-state index contributed by atoms with van der Waals surface area (Å²) in [5.41, 5.74) is 0.103. The van der Waals surface area contributed by atoms with E-state index < -0.39 is 0 Å². The molecular weight excluding hydrogens is 314 g/mol. The molecule has 25 heavy (non-hydrogen) atoms. The number of hydrogen-bond acceptors (Lipinski definition) is 3. The van der Waals surface area contributed by atoms with E-state index in [1.165, 1.54) is 25.9 Å². The lowest BCUT2D eigenvalue weighted by Gasteiger charge is -2.43. The number of likely N-dealkylation sites (tertiary alicyclic amines) is 2. The maximum Gasteiger partial charge on any atom is 0.222 e. The fourth-order valence-electron chi connectivity index (χ4n) is 3.87. The average Bonchev–Trinajstić information content (AvgIpc) is 3.06. The number of guanidine groups is 1. The summed E-state index contributed by atoms with van der Waals surface area (Å²) in [4.78, 5) is 20.7. The quantitative estimate of drug-likeness (QED) is 0.584. The van der Waals surface area contributed by atoms with Crippen LogP contribution in [0.1, 0.15) is 53.4 Å². The molecule has 2 N–H and O–H groups in total. The standard InChI is InChI=1S/C19H37N5O/c1-6-17(25)23-11-9-16(13-23)22-18(20-5)21-14-19(3,4)24-10-7-8-15(2)12-24/h15-16H,6-14H2,1-5H3,(H2,20,21,22). The van der Waals surface area contributed by atoms with Gasteiger partial charge in [-0.2, -0.15) is 0 Å². The van der Waals surface area contributed by atoms with Crippen LogP contribution in [-0.2, 0) is 4.79 Å². The van der Waals surface area contributed by atoms with Crippen LogP contribution in [0.3, 0.4) is 0 Å². The molecule has 0 bridgehead atoms. The number of hydrogen-bond donors (Lipinski definition) is 2. The number of aliphatic imine (C=N–C) groups is 1. The number of amides is 1.